The van der Waals surface area contributed by atoms with Gasteiger partial charge in [-0.05, 0) is 67.3 Å². The summed E-state index contributed by atoms with van der Waals surface area (Å²) in [5.74, 6) is 2.84. The van der Waals surface area contributed by atoms with Crippen molar-refractivity contribution in [1.29, 1.82) is 0 Å². The molecule has 2 saturated carbocycles. The van der Waals surface area contributed by atoms with E-state index in [4.69, 9.17) is 0 Å². The molecule has 0 bridgehead atoms. The summed E-state index contributed by atoms with van der Waals surface area (Å²) in [6.07, 6.45) is 5.55. The fourth-order valence-electron chi connectivity index (χ4n) is 3.88. The second kappa shape index (κ2) is 5.87. The molecule has 3 atom stereocenters. The Balaban J connectivity index is 1.84. The Morgan fingerprint density at radius 1 is 1.26 bits per heavy atom. The molecule has 2 aliphatic carbocycles. The summed E-state index contributed by atoms with van der Waals surface area (Å²) in [6.45, 7) is 3.35. The zero-order chi connectivity index (χ0) is 13.4. The molecule has 2 fully saturated rings. The van der Waals surface area contributed by atoms with E-state index in [0.717, 1.165) is 24.3 Å². The van der Waals surface area contributed by atoms with Gasteiger partial charge in [-0.15, -0.1) is 0 Å². The molecule has 0 spiro atoms. The summed E-state index contributed by atoms with van der Waals surface area (Å²) in [5, 5.41) is 3.79. The van der Waals surface area contributed by atoms with Crippen LogP contribution in [0.5, 0.6) is 0 Å². The fraction of sp³-hybridized carbons (Fsp3) is 0.625. The zero-order valence-electron chi connectivity index (χ0n) is 11.3. The van der Waals surface area contributed by atoms with Crippen LogP contribution in [0.1, 0.15) is 44.2 Å². The van der Waals surface area contributed by atoms with Gasteiger partial charge < -0.3 is 5.32 Å². The molecule has 0 amide bonds. The van der Waals surface area contributed by atoms with E-state index in [-0.39, 0.29) is 0 Å². The summed E-state index contributed by atoms with van der Waals surface area (Å²) in [6, 6.07) is 7.09. The van der Waals surface area contributed by atoms with Crippen LogP contribution in [0, 0.1) is 17.8 Å². The van der Waals surface area contributed by atoms with Gasteiger partial charge in [0.1, 0.15) is 0 Å². The number of hydrogen-bond acceptors (Lipinski definition) is 1. The van der Waals surface area contributed by atoms with Crippen LogP contribution in [0.15, 0.2) is 27.1 Å². The molecule has 3 unspecified atom stereocenters. The van der Waals surface area contributed by atoms with Gasteiger partial charge in [0.25, 0.3) is 0 Å². The Morgan fingerprint density at radius 2 is 2.00 bits per heavy atom. The largest absolute Gasteiger partial charge is 0.310 e. The number of nitrogens with one attached hydrogen (secondary N) is 1. The van der Waals surface area contributed by atoms with Crippen LogP contribution >= 0.6 is 31.9 Å². The van der Waals surface area contributed by atoms with E-state index in [1.54, 1.807) is 0 Å². The number of halogens is 2. The Kier molecular flexibility index (Phi) is 4.35. The molecule has 3 rings (SSSR count). The lowest BCUT2D eigenvalue weighted by Gasteiger charge is -2.22. The number of fused-ring (bicyclic) bond motifs is 1. The molecule has 1 N–H and O–H groups in total. The van der Waals surface area contributed by atoms with E-state index in [2.05, 4.69) is 62.3 Å². The van der Waals surface area contributed by atoms with Gasteiger partial charge in [-0.3, -0.25) is 0 Å². The second-order valence-corrected chi connectivity index (χ2v) is 7.70. The smallest absolute Gasteiger partial charge is 0.0365 e. The van der Waals surface area contributed by atoms with Crippen molar-refractivity contribution in [3.63, 3.8) is 0 Å². The molecular formula is C16H21Br2N. The van der Waals surface area contributed by atoms with Crippen LogP contribution in [0.3, 0.4) is 0 Å². The standard InChI is InChI=1S/C16H21Br2N/c1-2-8-19-16(15-11-4-3-5-12(11)15)13-9-10(17)6-7-14(13)18/h6-7,9,11-12,15-16,19H,2-5,8H2,1H3. The molecule has 0 heterocycles. The van der Waals surface area contributed by atoms with Crippen LogP contribution in [-0.4, -0.2) is 6.54 Å². The van der Waals surface area contributed by atoms with Crippen LogP contribution in [0.4, 0.5) is 0 Å². The summed E-state index contributed by atoms with van der Waals surface area (Å²) in [4.78, 5) is 0. The van der Waals surface area contributed by atoms with E-state index in [1.807, 2.05) is 0 Å². The highest BCUT2D eigenvalue weighted by Crippen LogP contribution is 2.62. The molecule has 1 aromatic carbocycles. The van der Waals surface area contributed by atoms with E-state index in [0.29, 0.717) is 6.04 Å². The van der Waals surface area contributed by atoms with Gasteiger partial charge in [0.2, 0.25) is 0 Å². The van der Waals surface area contributed by atoms with Crippen LogP contribution in [0.2, 0.25) is 0 Å². The Labute approximate surface area is 132 Å². The third-order valence-electron chi connectivity index (χ3n) is 4.77. The number of rotatable bonds is 5. The first-order valence-electron chi connectivity index (χ1n) is 7.40. The highest BCUT2D eigenvalue weighted by atomic mass is 79.9. The molecule has 0 aromatic heterocycles. The Bertz CT molecular complexity index is 450. The zero-order valence-corrected chi connectivity index (χ0v) is 14.5. The minimum atomic E-state index is 0.530. The molecular weight excluding hydrogens is 366 g/mol. The maximum absolute atomic E-state index is 3.79. The third kappa shape index (κ3) is 2.79. The average molecular weight is 387 g/mol. The number of benzene rings is 1. The summed E-state index contributed by atoms with van der Waals surface area (Å²) < 4.78 is 2.43. The molecule has 0 aliphatic heterocycles. The monoisotopic (exact) mass is 385 g/mol. The van der Waals surface area contributed by atoms with Crippen molar-refractivity contribution in [2.45, 2.75) is 38.6 Å². The Morgan fingerprint density at radius 3 is 2.68 bits per heavy atom. The summed E-state index contributed by atoms with van der Waals surface area (Å²) >= 11 is 7.35. The lowest BCUT2D eigenvalue weighted by Crippen LogP contribution is -2.25. The van der Waals surface area contributed by atoms with Crippen molar-refractivity contribution in [2.24, 2.45) is 17.8 Å². The quantitative estimate of drug-likeness (QED) is 0.723. The molecule has 1 aromatic rings. The molecule has 2 aliphatic rings. The molecule has 0 saturated heterocycles. The highest BCUT2D eigenvalue weighted by Gasteiger charge is 2.56. The fourth-order valence-corrected chi connectivity index (χ4v) is 4.75. The average Bonchev–Trinajstić information content (AvgIpc) is 2.86. The van der Waals surface area contributed by atoms with Gasteiger partial charge >= 0.3 is 0 Å². The maximum Gasteiger partial charge on any atom is 0.0365 e. The Hall–Kier alpha value is 0.140. The van der Waals surface area contributed by atoms with Gasteiger partial charge in [0, 0.05) is 15.0 Å². The van der Waals surface area contributed by atoms with Gasteiger partial charge in [-0.25, -0.2) is 0 Å². The van der Waals surface area contributed by atoms with Crippen molar-refractivity contribution in [3.05, 3.63) is 32.7 Å². The molecule has 3 heteroatoms. The van der Waals surface area contributed by atoms with Gasteiger partial charge in [0.15, 0.2) is 0 Å². The highest BCUT2D eigenvalue weighted by molar-refractivity contribution is 9.11. The van der Waals surface area contributed by atoms with Crippen LogP contribution in [0.25, 0.3) is 0 Å². The van der Waals surface area contributed by atoms with Crippen LogP contribution in [-0.2, 0) is 0 Å². The molecule has 1 nitrogen and oxygen atoms in total. The minimum absolute atomic E-state index is 0.530. The second-order valence-electron chi connectivity index (χ2n) is 5.93. The topological polar surface area (TPSA) is 12.0 Å². The molecule has 104 valence electrons. The van der Waals surface area contributed by atoms with Gasteiger partial charge in [-0.1, -0.05) is 45.2 Å². The van der Waals surface area contributed by atoms with Crippen molar-refractivity contribution in [3.8, 4) is 0 Å². The lowest BCUT2D eigenvalue weighted by molar-refractivity contribution is 0.416. The van der Waals surface area contributed by atoms with E-state index in [9.17, 15) is 0 Å². The third-order valence-corrected chi connectivity index (χ3v) is 5.98. The predicted octanol–water partition coefficient (Wildman–Crippen LogP) is 5.30. The van der Waals surface area contributed by atoms with E-state index >= 15 is 0 Å². The SMILES string of the molecule is CCCNC(c1cc(Br)ccc1Br)C1C2CCCC21. The van der Waals surface area contributed by atoms with Crippen molar-refractivity contribution in [2.75, 3.05) is 6.54 Å². The van der Waals surface area contributed by atoms with Crippen LogP contribution < -0.4 is 5.32 Å². The first kappa shape index (κ1) is 14.1. The predicted molar refractivity (Wildman–Crippen MR) is 87.2 cm³/mol. The summed E-state index contributed by atoms with van der Waals surface area (Å²) in [5.41, 5.74) is 1.43. The number of hydrogen-bond donors (Lipinski definition) is 1. The summed E-state index contributed by atoms with van der Waals surface area (Å²) in [7, 11) is 0. The minimum Gasteiger partial charge on any atom is -0.310 e. The van der Waals surface area contributed by atoms with E-state index in [1.165, 1.54) is 40.2 Å². The van der Waals surface area contributed by atoms with E-state index < -0.39 is 0 Å². The van der Waals surface area contributed by atoms with Crippen molar-refractivity contribution in [1.82, 2.24) is 5.32 Å². The van der Waals surface area contributed by atoms with Crippen molar-refractivity contribution >= 4 is 31.9 Å². The molecule has 19 heavy (non-hydrogen) atoms. The van der Waals surface area contributed by atoms with Gasteiger partial charge in [-0.2, -0.15) is 0 Å². The first-order chi connectivity index (χ1) is 9.22. The lowest BCUT2D eigenvalue weighted by atomic mass is 9.96. The maximum atomic E-state index is 3.79. The first-order valence-corrected chi connectivity index (χ1v) is 8.99. The molecule has 0 radical (unpaired) electrons. The normalized spacial score (nSPS) is 30.2. The van der Waals surface area contributed by atoms with Crippen molar-refractivity contribution < 1.29 is 0 Å². The van der Waals surface area contributed by atoms with Gasteiger partial charge in [0.05, 0.1) is 0 Å².